The molecule has 2 saturated heterocycles. The highest BCUT2D eigenvalue weighted by Crippen LogP contribution is 2.31. The van der Waals surface area contributed by atoms with Crippen LogP contribution in [0.4, 0.5) is 42.5 Å². The fourth-order valence-electron chi connectivity index (χ4n) is 7.34. The molecular weight excluding hydrogens is 994 g/mol. The van der Waals surface area contributed by atoms with Crippen LogP contribution in [0.3, 0.4) is 0 Å². The van der Waals surface area contributed by atoms with Crippen molar-refractivity contribution in [2.75, 3.05) is 91.6 Å². The second-order valence-electron chi connectivity index (χ2n) is 16.0. The van der Waals surface area contributed by atoms with Crippen LogP contribution < -0.4 is 31.9 Å². The topological polar surface area (TPSA) is 148 Å². The van der Waals surface area contributed by atoms with Gasteiger partial charge in [0.25, 0.3) is 0 Å². The number of hydrogen-bond donors (Lipinski definition) is 4. The molecule has 1 unspecified atom stereocenters. The van der Waals surface area contributed by atoms with Crippen molar-refractivity contribution in [2.45, 2.75) is 44.7 Å². The van der Waals surface area contributed by atoms with Crippen molar-refractivity contribution in [1.29, 1.82) is 0 Å². The van der Waals surface area contributed by atoms with Gasteiger partial charge in [-0.1, -0.05) is 46.0 Å². The lowest BCUT2D eigenvalue weighted by Gasteiger charge is -2.36. The summed E-state index contributed by atoms with van der Waals surface area (Å²) < 4.78 is 25.4. The number of halogens is 3. The molecule has 0 bridgehead atoms. The SMILES string of the molecule is CCSC(N)=NC(=S)Nc1ccc(N2CCC(N(C)C)CC2)cc1.CN(C)C1CCN(c2ccc(Nc3nc(N)c(C(=O)c4ccc(F)cc4)s3)cc2)CC1.O=C(CBr)c1ccc(F)cc1.P. The molecule has 67 heavy (non-hydrogen) atoms. The molecule has 0 aliphatic carbocycles. The van der Waals surface area contributed by atoms with Gasteiger partial charge in [-0.25, -0.2) is 13.8 Å². The Labute approximate surface area is 419 Å². The number of alkyl halides is 1. The molecular formula is C48H62BrF2N10O2PS3. The van der Waals surface area contributed by atoms with Crippen LogP contribution in [0.5, 0.6) is 0 Å². The average molecular weight is 1060 g/mol. The van der Waals surface area contributed by atoms with Crippen LogP contribution in [0.15, 0.2) is 102 Å². The quantitative estimate of drug-likeness (QED) is 0.0235. The number of thiazole rings is 1. The van der Waals surface area contributed by atoms with E-state index in [0.29, 0.717) is 43.5 Å². The van der Waals surface area contributed by atoms with Crippen molar-refractivity contribution in [3.05, 3.63) is 125 Å². The molecule has 3 heterocycles. The van der Waals surface area contributed by atoms with E-state index in [-0.39, 0.29) is 44.2 Å². The van der Waals surface area contributed by atoms with Gasteiger partial charge in [-0.2, -0.15) is 14.9 Å². The molecule has 0 radical (unpaired) electrons. The molecule has 360 valence electrons. The number of anilines is 6. The zero-order valence-corrected chi connectivity index (χ0v) is 44.1. The first-order valence-electron chi connectivity index (χ1n) is 21.6. The van der Waals surface area contributed by atoms with E-state index in [2.05, 4.69) is 109 Å². The van der Waals surface area contributed by atoms with Crippen molar-refractivity contribution in [3.8, 4) is 0 Å². The maximum Gasteiger partial charge on any atom is 0.206 e. The van der Waals surface area contributed by atoms with Gasteiger partial charge in [-0.15, -0.1) is 0 Å². The van der Waals surface area contributed by atoms with E-state index in [9.17, 15) is 18.4 Å². The highest BCUT2D eigenvalue weighted by Gasteiger charge is 2.23. The van der Waals surface area contributed by atoms with E-state index in [1.165, 1.54) is 95.8 Å². The number of benzene rings is 4. The molecule has 1 aromatic heterocycles. The first-order chi connectivity index (χ1) is 31.6. The number of Topliss-reactive ketones (excluding diaryl/α,β-unsaturated/α-hetero) is 1. The third-order valence-corrected chi connectivity index (χ3v) is 13.5. The number of ketones is 2. The number of thioether (sulfide) groups is 1. The summed E-state index contributed by atoms with van der Waals surface area (Å²) in [7, 11) is 8.62. The number of nitrogens with zero attached hydrogens (tertiary/aromatic N) is 6. The minimum Gasteiger partial charge on any atom is -0.382 e. The van der Waals surface area contributed by atoms with Crippen LogP contribution in [0.25, 0.3) is 0 Å². The molecule has 2 aliphatic rings. The van der Waals surface area contributed by atoms with Crippen molar-refractivity contribution >= 4 is 117 Å². The van der Waals surface area contributed by atoms with Gasteiger partial charge in [0.1, 0.15) is 22.3 Å². The monoisotopic (exact) mass is 1050 g/mol. The van der Waals surface area contributed by atoms with Crippen LogP contribution >= 0.6 is 61.1 Å². The summed E-state index contributed by atoms with van der Waals surface area (Å²) in [5.41, 5.74) is 16.9. The number of thiocarbonyl (C=S) groups is 1. The molecule has 2 fully saturated rings. The lowest BCUT2D eigenvalue weighted by atomic mass is 10.0. The lowest BCUT2D eigenvalue weighted by molar-refractivity contribution is 0.102. The number of nitrogen functional groups attached to an aromatic ring is 1. The lowest BCUT2D eigenvalue weighted by Crippen LogP contribution is -2.41. The molecule has 0 saturated carbocycles. The van der Waals surface area contributed by atoms with Crippen LogP contribution in [0.1, 0.15) is 58.2 Å². The number of piperidine rings is 2. The Hall–Kier alpha value is -4.55. The number of rotatable bonds is 12. The zero-order valence-electron chi connectivity index (χ0n) is 38.7. The summed E-state index contributed by atoms with van der Waals surface area (Å²) in [6.45, 7) is 6.33. The van der Waals surface area contributed by atoms with Crippen LogP contribution in [-0.4, -0.2) is 114 Å². The summed E-state index contributed by atoms with van der Waals surface area (Å²) >= 11 is 10.9. The minimum absolute atomic E-state index is 0. The number of aromatic nitrogens is 1. The molecule has 2 aliphatic heterocycles. The second-order valence-corrected chi connectivity index (χ2v) is 19.3. The molecule has 6 N–H and O–H groups in total. The standard InChI is InChI=1S/C23H26FN5OS.C17H27N5S2.C8H6BrFO.H3P/c1-28(2)18-11-13-29(14-12-18)19-9-7-17(8-10-19)26-23-27-22(25)21(31-23)20(30)15-3-5-16(24)6-4-15;1-4-24-16(18)20-17(23)19-13-5-7-15(8-6-13)22-11-9-14(10-12-22)21(2)3;9-5-8(11)6-1-3-7(10)4-2-6;/h3-10,18H,11-14,25H2,1-2H3,(H,26,27);5-8,14H,4,9-12H2,1-3H3,(H3,18,19,20,23);1-4H,5H2;1H3. The predicted octanol–water partition coefficient (Wildman–Crippen LogP) is 9.81. The van der Waals surface area contributed by atoms with E-state index in [4.69, 9.17) is 23.7 Å². The Bertz CT molecular complexity index is 2360. The molecule has 7 rings (SSSR count). The van der Waals surface area contributed by atoms with E-state index in [1.807, 2.05) is 31.2 Å². The number of nitrogens with one attached hydrogen (secondary N) is 2. The van der Waals surface area contributed by atoms with Crippen LogP contribution in [-0.2, 0) is 0 Å². The Balaban J connectivity index is 0.000000241. The number of aliphatic imine (C=N–C) groups is 1. The van der Waals surface area contributed by atoms with Gasteiger partial charge in [-0.3, -0.25) is 9.59 Å². The highest BCUT2D eigenvalue weighted by molar-refractivity contribution is 9.09. The summed E-state index contributed by atoms with van der Waals surface area (Å²) in [6, 6.07) is 28.8. The molecule has 19 heteroatoms. The Morgan fingerprint density at radius 3 is 1.67 bits per heavy atom. The maximum absolute atomic E-state index is 13.1. The number of nitrogens with two attached hydrogens (primary N) is 2. The van der Waals surface area contributed by atoms with E-state index >= 15 is 0 Å². The predicted molar refractivity (Wildman–Crippen MR) is 292 cm³/mol. The maximum atomic E-state index is 13.1. The molecule has 4 aromatic carbocycles. The second kappa shape index (κ2) is 27.4. The largest absolute Gasteiger partial charge is 0.382 e. The third-order valence-electron chi connectivity index (χ3n) is 11.1. The Morgan fingerprint density at radius 1 is 0.791 bits per heavy atom. The summed E-state index contributed by atoms with van der Waals surface area (Å²) in [6.07, 6.45) is 4.74. The highest BCUT2D eigenvalue weighted by atomic mass is 79.9. The molecule has 0 spiro atoms. The van der Waals surface area contributed by atoms with Crippen LogP contribution in [0, 0.1) is 11.6 Å². The molecule has 5 aromatic rings. The summed E-state index contributed by atoms with van der Waals surface area (Å²) in [5, 5.41) is 8.04. The smallest absolute Gasteiger partial charge is 0.206 e. The number of carbonyl (C=O) groups is 2. The van der Waals surface area contributed by atoms with Gasteiger partial charge in [0.2, 0.25) is 5.78 Å². The van der Waals surface area contributed by atoms with Gasteiger partial charge in [0, 0.05) is 72.1 Å². The van der Waals surface area contributed by atoms with Crippen molar-refractivity contribution in [3.63, 3.8) is 0 Å². The van der Waals surface area contributed by atoms with E-state index in [1.54, 1.807) is 0 Å². The third kappa shape index (κ3) is 17.2. The Morgan fingerprint density at radius 2 is 1.24 bits per heavy atom. The molecule has 1 atom stereocenters. The fourth-order valence-corrected chi connectivity index (χ4v) is 9.26. The normalized spacial score (nSPS) is 14.3. The number of amidine groups is 1. The summed E-state index contributed by atoms with van der Waals surface area (Å²) in [4.78, 5) is 41.9. The minimum atomic E-state index is -0.387. The van der Waals surface area contributed by atoms with Gasteiger partial charge in [0.15, 0.2) is 21.2 Å². The first-order valence-corrected chi connectivity index (χ1v) is 25.0. The Kier molecular flexibility index (Phi) is 22.6. The molecule has 0 amide bonds. The van der Waals surface area contributed by atoms with Gasteiger partial charge in [-0.05, 0) is 169 Å². The number of hydrogen-bond acceptors (Lipinski definition) is 12. The van der Waals surface area contributed by atoms with Crippen molar-refractivity contribution in [2.24, 2.45) is 10.7 Å². The number of carbonyl (C=O) groups excluding carboxylic acids is 2. The van der Waals surface area contributed by atoms with Gasteiger partial charge in [0.05, 0.1) is 5.33 Å². The van der Waals surface area contributed by atoms with E-state index in [0.717, 1.165) is 56.1 Å². The van der Waals surface area contributed by atoms with E-state index < -0.39 is 0 Å². The van der Waals surface area contributed by atoms with Crippen molar-refractivity contribution in [1.82, 2.24) is 14.8 Å². The van der Waals surface area contributed by atoms with Crippen molar-refractivity contribution < 1.29 is 18.4 Å². The zero-order chi connectivity index (χ0) is 47.8. The first kappa shape index (κ1) is 55.0. The molecule has 12 nitrogen and oxygen atoms in total. The fraction of sp³-hybridized carbons (Fsp3) is 0.354. The van der Waals surface area contributed by atoms with Crippen LogP contribution in [0.2, 0.25) is 0 Å². The average Bonchev–Trinajstić information content (AvgIpc) is 3.69. The van der Waals surface area contributed by atoms with Gasteiger partial charge < -0.3 is 41.7 Å². The van der Waals surface area contributed by atoms with Gasteiger partial charge >= 0.3 is 0 Å². The summed E-state index contributed by atoms with van der Waals surface area (Å²) in [5.74, 6) is 0.0431.